The number of hydrogen-bond donors (Lipinski definition) is 1. The number of thiazole rings is 1. The fourth-order valence-corrected chi connectivity index (χ4v) is 5.50. The van der Waals surface area contributed by atoms with E-state index in [4.69, 9.17) is 4.98 Å². The van der Waals surface area contributed by atoms with E-state index >= 15 is 0 Å². The molecule has 0 bridgehead atoms. The molecule has 2 aliphatic rings. The normalized spacial score (nSPS) is 22.9. The first kappa shape index (κ1) is 22.7. The van der Waals surface area contributed by atoms with E-state index in [2.05, 4.69) is 41.3 Å². The van der Waals surface area contributed by atoms with Crippen molar-refractivity contribution < 1.29 is 4.79 Å². The lowest BCUT2D eigenvalue weighted by Crippen LogP contribution is -2.47. The van der Waals surface area contributed by atoms with Gasteiger partial charge in [0.2, 0.25) is 0 Å². The number of likely N-dealkylation sites (tertiary alicyclic amines) is 2. The number of rotatable bonds is 6. The fourth-order valence-electron chi connectivity index (χ4n) is 4.79. The van der Waals surface area contributed by atoms with Gasteiger partial charge in [-0.2, -0.15) is 0 Å². The summed E-state index contributed by atoms with van der Waals surface area (Å²) in [4.78, 5) is 22.4. The van der Waals surface area contributed by atoms with Crippen LogP contribution in [0.5, 0.6) is 0 Å². The molecule has 6 heteroatoms. The maximum atomic E-state index is 12.5. The maximum Gasteiger partial charge on any atom is 0.182 e. The van der Waals surface area contributed by atoms with E-state index in [1.807, 2.05) is 20.8 Å². The van der Waals surface area contributed by atoms with E-state index < -0.39 is 0 Å². The van der Waals surface area contributed by atoms with Crippen molar-refractivity contribution >= 4 is 22.3 Å². The minimum Gasteiger partial charge on any atom is -0.360 e. The summed E-state index contributed by atoms with van der Waals surface area (Å²) < 4.78 is 0. The van der Waals surface area contributed by atoms with Crippen LogP contribution in [-0.2, 0) is 11.3 Å². The Bertz CT molecular complexity index is 680. The summed E-state index contributed by atoms with van der Waals surface area (Å²) in [6.07, 6.45) is 4.52. The van der Waals surface area contributed by atoms with Crippen LogP contribution in [-0.4, -0.2) is 58.3 Å². The third-order valence-corrected chi connectivity index (χ3v) is 7.21. The average molecular weight is 421 g/mol. The molecule has 0 unspecified atom stereocenters. The Morgan fingerprint density at radius 1 is 1.14 bits per heavy atom. The van der Waals surface area contributed by atoms with Gasteiger partial charge in [-0.3, -0.25) is 14.6 Å². The summed E-state index contributed by atoms with van der Waals surface area (Å²) in [6.45, 7) is 18.1. The highest BCUT2D eigenvalue weighted by atomic mass is 32.1. The molecule has 1 aromatic rings. The number of nitrogens with zero attached hydrogens (tertiary/aromatic N) is 3. The van der Waals surface area contributed by atoms with Gasteiger partial charge >= 0.3 is 0 Å². The molecule has 164 valence electrons. The molecule has 1 atom stereocenters. The van der Waals surface area contributed by atoms with Gasteiger partial charge < -0.3 is 5.32 Å². The first-order chi connectivity index (χ1) is 13.5. The lowest BCUT2D eigenvalue weighted by Gasteiger charge is -2.37. The van der Waals surface area contributed by atoms with Gasteiger partial charge in [0.15, 0.2) is 5.13 Å². The predicted molar refractivity (Wildman–Crippen MR) is 123 cm³/mol. The Morgan fingerprint density at radius 2 is 1.83 bits per heavy atom. The Balaban J connectivity index is 1.45. The SMILES string of the molecule is CC(C)(C)C(=O)C1CCN(Cc2csc(NC[C@@H]3CCCN3C(C)(C)C)n2)CC1. The standard InChI is InChI=1S/C23H40N4OS/c1-22(2,3)20(28)17-9-12-26(13-10-17)15-18-16-29-21(25-18)24-14-19-8-7-11-27(19)23(4,5)6/h16-17,19H,7-15H2,1-6H3,(H,24,25)/t19-/m0/s1. The van der Waals surface area contributed by atoms with E-state index in [9.17, 15) is 4.79 Å². The molecule has 2 fully saturated rings. The molecular weight excluding hydrogens is 380 g/mol. The first-order valence-electron chi connectivity index (χ1n) is 11.3. The number of carbonyl (C=O) groups is 1. The monoisotopic (exact) mass is 420 g/mol. The van der Waals surface area contributed by atoms with Crippen molar-refractivity contribution in [2.45, 2.75) is 85.4 Å². The summed E-state index contributed by atoms with van der Waals surface area (Å²) in [7, 11) is 0. The summed E-state index contributed by atoms with van der Waals surface area (Å²) in [6, 6.07) is 0.599. The van der Waals surface area contributed by atoms with Crippen LogP contribution in [0.25, 0.3) is 0 Å². The van der Waals surface area contributed by atoms with Gasteiger partial charge in [0.05, 0.1) is 5.69 Å². The summed E-state index contributed by atoms with van der Waals surface area (Å²) in [5.41, 5.74) is 1.17. The van der Waals surface area contributed by atoms with Crippen LogP contribution in [0.4, 0.5) is 5.13 Å². The van der Waals surface area contributed by atoms with Crippen molar-refractivity contribution in [3.63, 3.8) is 0 Å². The second-order valence-electron chi connectivity index (χ2n) is 10.8. The zero-order valence-corrected chi connectivity index (χ0v) is 20.1. The van der Waals surface area contributed by atoms with Gasteiger partial charge in [0, 0.05) is 41.4 Å². The molecule has 1 aromatic heterocycles. The Hall–Kier alpha value is -0.980. The second-order valence-corrected chi connectivity index (χ2v) is 11.7. The largest absolute Gasteiger partial charge is 0.360 e. The van der Waals surface area contributed by atoms with Crippen molar-refractivity contribution in [2.75, 3.05) is 31.5 Å². The number of piperidine rings is 1. The minimum absolute atomic E-state index is 0.218. The number of aromatic nitrogens is 1. The van der Waals surface area contributed by atoms with Crippen molar-refractivity contribution in [3.8, 4) is 0 Å². The molecule has 2 aliphatic heterocycles. The number of anilines is 1. The number of carbonyl (C=O) groups excluding carboxylic acids is 1. The lowest BCUT2D eigenvalue weighted by atomic mass is 9.79. The summed E-state index contributed by atoms with van der Waals surface area (Å²) >= 11 is 1.72. The number of ketones is 1. The van der Waals surface area contributed by atoms with Gasteiger partial charge in [0.25, 0.3) is 0 Å². The molecule has 29 heavy (non-hydrogen) atoms. The van der Waals surface area contributed by atoms with E-state index in [0.717, 1.165) is 49.8 Å². The average Bonchev–Trinajstić information content (AvgIpc) is 3.28. The molecule has 0 aromatic carbocycles. The Labute approximate surface area is 181 Å². The van der Waals surface area contributed by atoms with Crippen LogP contribution >= 0.6 is 11.3 Å². The van der Waals surface area contributed by atoms with Gasteiger partial charge in [-0.05, 0) is 66.1 Å². The van der Waals surface area contributed by atoms with Crippen LogP contribution in [0.2, 0.25) is 0 Å². The molecule has 0 amide bonds. The van der Waals surface area contributed by atoms with E-state index in [-0.39, 0.29) is 16.9 Å². The second kappa shape index (κ2) is 9.03. The van der Waals surface area contributed by atoms with Gasteiger partial charge in [0.1, 0.15) is 5.78 Å². The highest BCUT2D eigenvalue weighted by molar-refractivity contribution is 7.13. The van der Waals surface area contributed by atoms with E-state index in [0.29, 0.717) is 11.8 Å². The minimum atomic E-state index is -0.218. The highest BCUT2D eigenvalue weighted by Crippen LogP contribution is 2.29. The van der Waals surface area contributed by atoms with Crippen LogP contribution < -0.4 is 5.32 Å². The maximum absolute atomic E-state index is 12.5. The van der Waals surface area contributed by atoms with Gasteiger partial charge in [-0.15, -0.1) is 11.3 Å². The molecule has 0 aliphatic carbocycles. The summed E-state index contributed by atoms with van der Waals surface area (Å²) in [5, 5.41) is 6.81. The lowest BCUT2D eigenvalue weighted by molar-refractivity contribution is -0.131. The van der Waals surface area contributed by atoms with Crippen LogP contribution in [0.3, 0.4) is 0 Å². The molecule has 0 saturated carbocycles. The molecule has 0 radical (unpaired) electrons. The molecular formula is C23H40N4OS. The third-order valence-electron chi connectivity index (χ3n) is 6.36. The van der Waals surface area contributed by atoms with Crippen molar-refractivity contribution in [3.05, 3.63) is 11.1 Å². The molecule has 3 rings (SSSR count). The fraction of sp³-hybridized carbons (Fsp3) is 0.826. The smallest absolute Gasteiger partial charge is 0.182 e. The van der Waals surface area contributed by atoms with Crippen LogP contribution in [0.15, 0.2) is 5.38 Å². The summed E-state index contributed by atoms with van der Waals surface area (Å²) in [5.74, 6) is 0.657. The number of nitrogens with one attached hydrogen (secondary N) is 1. The number of Topliss-reactive ketones (excluding diaryl/α,β-unsaturated/α-hetero) is 1. The zero-order valence-electron chi connectivity index (χ0n) is 19.3. The highest BCUT2D eigenvalue weighted by Gasteiger charge is 2.33. The van der Waals surface area contributed by atoms with Gasteiger partial charge in [-0.25, -0.2) is 4.98 Å². The number of hydrogen-bond acceptors (Lipinski definition) is 6. The Morgan fingerprint density at radius 3 is 2.45 bits per heavy atom. The van der Waals surface area contributed by atoms with Crippen LogP contribution in [0.1, 0.15) is 72.9 Å². The molecule has 5 nitrogen and oxygen atoms in total. The zero-order chi connectivity index (χ0) is 21.2. The Kier molecular flexibility index (Phi) is 7.06. The van der Waals surface area contributed by atoms with Crippen molar-refractivity contribution in [1.82, 2.24) is 14.8 Å². The van der Waals surface area contributed by atoms with Crippen molar-refractivity contribution in [1.29, 1.82) is 0 Å². The quantitative estimate of drug-likeness (QED) is 0.726. The molecule has 0 spiro atoms. The van der Waals surface area contributed by atoms with E-state index in [1.54, 1.807) is 11.3 Å². The topological polar surface area (TPSA) is 48.5 Å². The van der Waals surface area contributed by atoms with Gasteiger partial charge in [-0.1, -0.05) is 20.8 Å². The van der Waals surface area contributed by atoms with Crippen molar-refractivity contribution in [2.24, 2.45) is 11.3 Å². The predicted octanol–water partition coefficient (Wildman–Crippen LogP) is 4.65. The van der Waals surface area contributed by atoms with Crippen LogP contribution in [0, 0.1) is 11.3 Å². The molecule has 3 heterocycles. The van der Waals surface area contributed by atoms with E-state index in [1.165, 1.54) is 19.4 Å². The first-order valence-corrected chi connectivity index (χ1v) is 12.1. The molecule has 2 saturated heterocycles. The molecule has 1 N–H and O–H groups in total. The third kappa shape index (κ3) is 6.02.